The van der Waals surface area contributed by atoms with Crippen LogP contribution in [0.4, 0.5) is 4.39 Å². The van der Waals surface area contributed by atoms with Gasteiger partial charge in [-0.1, -0.05) is 35.9 Å². The second-order valence-corrected chi connectivity index (χ2v) is 7.25. The summed E-state index contributed by atoms with van der Waals surface area (Å²) in [6.07, 6.45) is 0.0225. The molecule has 0 saturated carbocycles. The molecular formula is C18H15ClFNO3S. The summed E-state index contributed by atoms with van der Waals surface area (Å²) in [5.41, 5.74) is 1.47. The van der Waals surface area contributed by atoms with E-state index in [0.29, 0.717) is 16.3 Å². The van der Waals surface area contributed by atoms with Gasteiger partial charge in [-0.25, -0.2) is 9.18 Å². The summed E-state index contributed by atoms with van der Waals surface area (Å²) in [6, 6.07) is 11.8. The molecule has 0 aliphatic carbocycles. The van der Waals surface area contributed by atoms with E-state index in [0.717, 1.165) is 5.56 Å². The number of halogens is 2. The first-order valence-electron chi connectivity index (χ1n) is 7.61. The van der Waals surface area contributed by atoms with Crippen LogP contribution in [0.25, 0.3) is 0 Å². The van der Waals surface area contributed by atoms with Crippen molar-refractivity contribution in [1.82, 2.24) is 4.90 Å². The van der Waals surface area contributed by atoms with Crippen LogP contribution in [0, 0.1) is 5.82 Å². The number of carbonyl (C=O) groups is 2. The van der Waals surface area contributed by atoms with E-state index >= 15 is 0 Å². The predicted octanol–water partition coefficient (Wildman–Crippen LogP) is 3.75. The molecule has 0 aromatic heterocycles. The van der Waals surface area contributed by atoms with Crippen molar-refractivity contribution in [3.63, 3.8) is 0 Å². The van der Waals surface area contributed by atoms with Crippen LogP contribution in [-0.2, 0) is 16.0 Å². The third kappa shape index (κ3) is 3.96. The predicted molar refractivity (Wildman–Crippen MR) is 95.0 cm³/mol. The van der Waals surface area contributed by atoms with Crippen molar-refractivity contribution in [3.05, 3.63) is 70.5 Å². The Morgan fingerprint density at radius 3 is 2.40 bits per heavy atom. The Balaban J connectivity index is 1.86. The van der Waals surface area contributed by atoms with Gasteiger partial charge in [0.1, 0.15) is 17.2 Å². The zero-order valence-electron chi connectivity index (χ0n) is 13.1. The van der Waals surface area contributed by atoms with Crippen molar-refractivity contribution < 1.29 is 19.1 Å². The highest BCUT2D eigenvalue weighted by atomic mass is 35.5. The lowest BCUT2D eigenvalue weighted by molar-refractivity contribution is -0.148. The van der Waals surface area contributed by atoms with Gasteiger partial charge < -0.3 is 10.0 Å². The van der Waals surface area contributed by atoms with Crippen LogP contribution in [-0.4, -0.2) is 33.7 Å². The molecule has 1 fully saturated rings. The molecule has 0 spiro atoms. The molecule has 1 heterocycles. The highest BCUT2D eigenvalue weighted by molar-refractivity contribution is 7.99. The third-order valence-electron chi connectivity index (χ3n) is 4.00. The Labute approximate surface area is 153 Å². The van der Waals surface area contributed by atoms with Crippen LogP contribution in [0.3, 0.4) is 0 Å². The van der Waals surface area contributed by atoms with Gasteiger partial charge in [0.2, 0.25) is 5.91 Å². The zero-order valence-corrected chi connectivity index (χ0v) is 14.6. The molecule has 1 N–H and O–H groups in total. The molecule has 25 heavy (non-hydrogen) atoms. The van der Waals surface area contributed by atoms with Gasteiger partial charge in [-0.2, -0.15) is 0 Å². The quantitative estimate of drug-likeness (QED) is 0.879. The van der Waals surface area contributed by atoms with E-state index in [1.54, 1.807) is 24.3 Å². The summed E-state index contributed by atoms with van der Waals surface area (Å²) in [5, 5.41) is 9.66. The number of benzene rings is 2. The van der Waals surface area contributed by atoms with E-state index in [1.807, 2.05) is 0 Å². The van der Waals surface area contributed by atoms with Crippen LogP contribution in [0.15, 0.2) is 48.5 Å². The van der Waals surface area contributed by atoms with E-state index in [9.17, 15) is 19.1 Å². The molecule has 2 atom stereocenters. The smallest absolute Gasteiger partial charge is 0.327 e. The maximum Gasteiger partial charge on any atom is 0.327 e. The summed E-state index contributed by atoms with van der Waals surface area (Å²) in [4.78, 5) is 25.8. The summed E-state index contributed by atoms with van der Waals surface area (Å²) in [6.45, 7) is 0. The second-order valence-electron chi connectivity index (χ2n) is 5.70. The third-order valence-corrected chi connectivity index (χ3v) is 5.57. The Bertz CT molecular complexity index is 782. The number of carbonyl (C=O) groups excluding carboxylic acids is 1. The monoisotopic (exact) mass is 379 g/mol. The van der Waals surface area contributed by atoms with Gasteiger partial charge >= 0.3 is 5.97 Å². The molecule has 2 aromatic carbocycles. The van der Waals surface area contributed by atoms with E-state index in [4.69, 9.17) is 11.6 Å². The lowest BCUT2D eigenvalue weighted by Crippen LogP contribution is -2.43. The number of nitrogens with zero attached hydrogens (tertiary/aromatic N) is 1. The number of aliphatic carboxylic acids is 1. The van der Waals surface area contributed by atoms with E-state index in [1.165, 1.54) is 40.9 Å². The fraction of sp³-hybridized carbons (Fsp3) is 0.222. The van der Waals surface area contributed by atoms with Crippen LogP contribution in [0.2, 0.25) is 5.02 Å². The highest BCUT2D eigenvalue weighted by Gasteiger charge is 2.42. The summed E-state index contributed by atoms with van der Waals surface area (Å²) >= 11 is 7.31. The zero-order chi connectivity index (χ0) is 18.0. The Kier molecular flexibility index (Phi) is 5.30. The van der Waals surface area contributed by atoms with Crippen molar-refractivity contribution in [2.24, 2.45) is 0 Å². The number of hydrogen-bond acceptors (Lipinski definition) is 3. The molecule has 2 aromatic rings. The molecular weight excluding hydrogens is 365 g/mol. The Morgan fingerprint density at radius 2 is 1.80 bits per heavy atom. The number of carboxylic acid groups (broad SMARTS) is 1. The summed E-state index contributed by atoms with van der Waals surface area (Å²) in [5.74, 6) is -1.40. The van der Waals surface area contributed by atoms with Crippen molar-refractivity contribution in [3.8, 4) is 0 Å². The van der Waals surface area contributed by atoms with Gasteiger partial charge in [0.25, 0.3) is 0 Å². The average Bonchev–Trinajstić information content (AvgIpc) is 3.03. The second kappa shape index (κ2) is 7.45. The first-order chi connectivity index (χ1) is 12.0. The van der Waals surface area contributed by atoms with Gasteiger partial charge in [0.05, 0.1) is 6.42 Å². The molecule has 130 valence electrons. The molecule has 1 aliphatic rings. The Hall–Kier alpha value is -2.05. The normalized spacial score (nSPS) is 19.8. The SMILES string of the molecule is O=C(O)C1CSC(c2ccc(Cl)cc2)N1C(=O)Cc1ccc(F)cc1. The van der Waals surface area contributed by atoms with Crippen molar-refractivity contribution >= 4 is 35.2 Å². The van der Waals surface area contributed by atoms with Crippen LogP contribution >= 0.6 is 23.4 Å². The fourth-order valence-corrected chi connectivity index (χ4v) is 4.32. The van der Waals surface area contributed by atoms with Gasteiger partial charge in [-0.05, 0) is 35.4 Å². The van der Waals surface area contributed by atoms with Crippen molar-refractivity contribution in [2.75, 3.05) is 5.75 Å². The molecule has 3 rings (SSSR count). The fourth-order valence-electron chi connectivity index (χ4n) is 2.75. The van der Waals surface area contributed by atoms with Crippen molar-refractivity contribution in [1.29, 1.82) is 0 Å². The van der Waals surface area contributed by atoms with Gasteiger partial charge in [-0.15, -0.1) is 11.8 Å². The first kappa shape index (κ1) is 17.8. The number of thioether (sulfide) groups is 1. The molecule has 4 nitrogen and oxygen atoms in total. The summed E-state index contributed by atoms with van der Waals surface area (Å²) < 4.78 is 13.0. The largest absolute Gasteiger partial charge is 0.480 e. The molecule has 0 bridgehead atoms. The summed E-state index contributed by atoms with van der Waals surface area (Å²) in [7, 11) is 0. The number of carboxylic acids is 1. The minimum atomic E-state index is -1.03. The Morgan fingerprint density at radius 1 is 1.16 bits per heavy atom. The molecule has 1 amide bonds. The van der Waals surface area contributed by atoms with Gasteiger partial charge in [0, 0.05) is 10.8 Å². The molecule has 1 aliphatic heterocycles. The average molecular weight is 380 g/mol. The lowest BCUT2D eigenvalue weighted by atomic mass is 10.1. The number of amides is 1. The van der Waals surface area contributed by atoms with Gasteiger partial charge in [-0.3, -0.25) is 4.79 Å². The maximum atomic E-state index is 13.0. The maximum absolute atomic E-state index is 13.0. The van der Waals surface area contributed by atoms with E-state index < -0.39 is 12.0 Å². The minimum Gasteiger partial charge on any atom is -0.480 e. The molecule has 2 unspecified atom stereocenters. The molecule has 1 saturated heterocycles. The molecule has 7 heteroatoms. The highest BCUT2D eigenvalue weighted by Crippen LogP contribution is 2.42. The standard InChI is InChI=1S/C18H15ClFNO3S/c19-13-5-3-12(4-6-13)17-21(15(10-25-17)18(23)24)16(22)9-11-1-7-14(20)8-2-11/h1-8,15,17H,9-10H2,(H,23,24). The van der Waals surface area contributed by atoms with E-state index in [-0.39, 0.29) is 23.5 Å². The number of hydrogen-bond donors (Lipinski definition) is 1. The topological polar surface area (TPSA) is 57.6 Å². The van der Waals surface area contributed by atoms with Gasteiger partial charge in [0.15, 0.2) is 0 Å². The molecule has 0 radical (unpaired) electrons. The van der Waals surface area contributed by atoms with Crippen LogP contribution in [0.1, 0.15) is 16.5 Å². The van der Waals surface area contributed by atoms with Crippen LogP contribution < -0.4 is 0 Å². The van der Waals surface area contributed by atoms with Crippen molar-refractivity contribution in [2.45, 2.75) is 17.8 Å². The lowest BCUT2D eigenvalue weighted by Gasteiger charge is -2.28. The number of rotatable bonds is 4. The van der Waals surface area contributed by atoms with E-state index in [2.05, 4.69) is 0 Å². The minimum absolute atomic E-state index is 0.0225. The van der Waals surface area contributed by atoms with Crippen LogP contribution in [0.5, 0.6) is 0 Å². The first-order valence-corrected chi connectivity index (χ1v) is 9.04.